The molecule has 0 saturated heterocycles. The number of ether oxygens (including phenoxy) is 2. The predicted octanol–water partition coefficient (Wildman–Crippen LogP) is 4.79. The molecule has 0 radical (unpaired) electrons. The number of rotatable bonds is 5. The van der Waals surface area contributed by atoms with E-state index in [9.17, 15) is 4.79 Å². The molecule has 134 valence electrons. The third-order valence-corrected chi connectivity index (χ3v) is 3.58. The number of nitrogens with one attached hydrogen (secondary N) is 1. The number of para-hydroxylation sites is 1. The van der Waals surface area contributed by atoms with Gasteiger partial charge in [0.25, 0.3) is 0 Å². The van der Waals surface area contributed by atoms with E-state index in [1.807, 2.05) is 42.5 Å². The zero-order chi connectivity index (χ0) is 18.4. The number of urea groups is 1. The molecule has 0 spiro atoms. The first-order valence-electron chi connectivity index (χ1n) is 8.19. The van der Waals surface area contributed by atoms with Gasteiger partial charge in [0.05, 0.1) is 14.2 Å². The van der Waals surface area contributed by atoms with Crippen molar-refractivity contribution in [3.63, 3.8) is 0 Å². The Kier molecular flexibility index (Phi) is 5.91. The van der Waals surface area contributed by atoms with Crippen molar-refractivity contribution >= 4 is 17.4 Å². The molecule has 0 aromatic heterocycles. The third kappa shape index (κ3) is 5.14. The van der Waals surface area contributed by atoms with Crippen molar-refractivity contribution in [3.05, 3.63) is 48.5 Å². The SMILES string of the molecule is COc1ccc(N(CC(C)(C)C)C(=O)Nc2ccccc2)cc1OC. The molecule has 25 heavy (non-hydrogen) atoms. The highest BCUT2D eigenvalue weighted by atomic mass is 16.5. The van der Waals surface area contributed by atoms with E-state index in [-0.39, 0.29) is 11.4 Å². The molecule has 2 amide bonds. The van der Waals surface area contributed by atoms with E-state index in [2.05, 4.69) is 26.1 Å². The fraction of sp³-hybridized carbons (Fsp3) is 0.350. The van der Waals surface area contributed by atoms with Crippen LogP contribution in [-0.2, 0) is 0 Å². The van der Waals surface area contributed by atoms with E-state index < -0.39 is 0 Å². The van der Waals surface area contributed by atoms with Crippen LogP contribution in [0.1, 0.15) is 20.8 Å². The Balaban J connectivity index is 2.34. The monoisotopic (exact) mass is 342 g/mol. The second kappa shape index (κ2) is 7.92. The summed E-state index contributed by atoms with van der Waals surface area (Å²) in [6, 6.07) is 14.7. The standard InChI is InChI=1S/C20H26N2O3/c1-20(2,3)14-22(19(23)21-15-9-7-6-8-10-15)16-11-12-17(24-4)18(13-16)25-5/h6-13H,14H2,1-5H3,(H,21,23). The van der Waals surface area contributed by atoms with Crippen LogP contribution in [0.4, 0.5) is 16.2 Å². The van der Waals surface area contributed by atoms with Crippen molar-refractivity contribution in [1.82, 2.24) is 0 Å². The van der Waals surface area contributed by atoms with Crippen LogP contribution in [0.3, 0.4) is 0 Å². The van der Waals surface area contributed by atoms with Gasteiger partial charge in [0.2, 0.25) is 0 Å². The molecule has 2 rings (SSSR count). The molecule has 0 bridgehead atoms. The Morgan fingerprint density at radius 2 is 1.64 bits per heavy atom. The molecule has 0 heterocycles. The first-order chi connectivity index (χ1) is 11.8. The lowest BCUT2D eigenvalue weighted by Crippen LogP contribution is -2.40. The fourth-order valence-electron chi connectivity index (χ4n) is 2.46. The normalized spacial score (nSPS) is 10.9. The van der Waals surface area contributed by atoms with Crippen LogP contribution < -0.4 is 19.7 Å². The summed E-state index contributed by atoms with van der Waals surface area (Å²) in [5, 5.41) is 2.94. The highest BCUT2D eigenvalue weighted by Crippen LogP contribution is 2.33. The molecule has 0 unspecified atom stereocenters. The molecule has 1 N–H and O–H groups in total. The van der Waals surface area contributed by atoms with E-state index in [0.717, 1.165) is 11.4 Å². The highest BCUT2D eigenvalue weighted by Gasteiger charge is 2.23. The molecule has 0 saturated carbocycles. The summed E-state index contributed by atoms with van der Waals surface area (Å²) in [5.74, 6) is 1.22. The van der Waals surface area contributed by atoms with Gasteiger partial charge in [-0.3, -0.25) is 4.90 Å². The number of hydrogen-bond donors (Lipinski definition) is 1. The Hall–Kier alpha value is -2.69. The maximum Gasteiger partial charge on any atom is 0.326 e. The summed E-state index contributed by atoms with van der Waals surface area (Å²) in [6.45, 7) is 6.84. The summed E-state index contributed by atoms with van der Waals surface area (Å²) >= 11 is 0. The Morgan fingerprint density at radius 3 is 2.20 bits per heavy atom. The van der Waals surface area contributed by atoms with Gasteiger partial charge >= 0.3 is 6.03 Å². The number of amides is 2. The van der Waals surface area contributed by atoms with Gasteiger partial charge in [0.1, 0.15) is 0 Å². The Bertz CT molecular complexity index is 709. The van der Waals surface area contributed by atoms with Gasteiger partial charge in [-0.15, -0.1) is 0 Å². The van der Waals surface area contributed by atoms with E-state index in [0.29, 0.717) is 18.0 Å². The van der Waals surface area contributed by atoms with Crippen LogP contribution in [0.25, 0.3) is 0 Å². The van der Waals surface area contributed by atoms with E-state index in [1.54, 1.807) is 25.2 Å². The van der Waals surface area contributed by atoms with Crippen LogP contribution >= 0.6 is 0 Å². The van der Waals surface area contributed by atoms with Crippen molar-refractivity contribution < 1.29 is 14.3 Å². The van der Waals surface area contributed by atoms with E-state index >= 15 is 0 Å². The van der Waals surface area contributed by atoms with Crippen molar-refractivity contribution in [3.8, 4) is 11.5 Å². The Labute approximate surface area is 149 Å². The maximum absolute atomic E-state index is 12.9. The second-order valence-electron chi connectivity index (χ2n) is 6.98. The van der Waals surface area contributed by atoms with Crippen LogP contribution in [0.5, 0.6) is 11.5 Å². The molecule has 0 atom stereocenters. The average Bonchev–Trinajstić information content (AvgIpc) is 2.59. The first kappa shape index (κ1) is 18.6. The van der Waals surface area contributed by atoms with Crippen LogP contribution in [0, 0.1) is 5.41 Å². The largest absolute Gasteiger partial charge is 0.493 e. The molecule has 5 nitrogen and oxygen atoms in total. The number of nitrogens with zero attached hydrogens (tertiary/aromatic N) is 1. The lowest BCUT2D eigenvalue weighted by atomic mass is 9.96. The minimum absolute atomic E-state index is 0.0683. The molecule has 0 aliphatic heterocycles. The summed E-state index contributed by atoms with van der Waals surface area (Å²) in [5.41, 5.74) is 1.44. The van der Waals surface area contributed by atoms with Gasteiger partial charge in [-0.2, -0.15) is 0 Å². The minimum Gasteiger partial charge on any atom is -0.493 e. The van der Waals surface area contributed by atoms with Crippen molar-refractivity contribution in [2.45, 2.75) is 20.8 Å². The molecular weight excluding hydrogens is 316 g/mol. The van der Waals surface area contributed by atoms with Crippen LogP contribution in [0.15, 0.2) is 48.5 Å². The zero-order valence-corrected chi connectivity index (χ0v) is 15.5. The lowest BCUT2D eigenvalue weighted by molar-refractivity contribution is 0.253. The number of carbonyl (C=O) groups is 1. The van der Waals surface area contributed by atoms with Crippen LogP contribution in [0.2, 0.25) is 0 Å². The quantitative estimate of drug-likeness (QED) is 0.850. The summed E-state index contributed by atoms with van der Waals surface area (Å²) < 4.78 is 10.7. The van der Waals surface area contributed by atoms with E-state index in [1.165, 1.54) is 0 Å². The number of anilines is 2. The van der Waals surface area contributed by atoms with Gasteiger partial charge in [0, 0.05) is 24.0 Å². The zero-order valence-electron chi connectivity index (χ0n) is 15.5. The molecule has 2 aromatic rings. The topological polar surface area (TPSA) is 50.8 Å². The predicted molar refractivity (Wildman–Crippen MR) is 102 cm³/mol. The second-order valence-corrected chi connectivity index (χ2v) is 6.98. The first-order valence-corrected chi connectivity index (χ1v) is 8.19. The van der Waals surface area contributed by atoms with Gasteiger partial charge in [-0.05, 0) is 29.7 Å². The minimum atomic E-state index is -0.187. The smallest absolute Gasteiger partial charge is 0.326 e. The van der Waals surface area contributed by atoms with Crippen molar-refractivity contribution in [2.75, 3.05) is 31.0 Å². The van der Waals surface area contributed by atoms with Crippen molar-refractivity contribution in [2.24, 2.45) is 5.41 Å². The van der Waals surface area contributed by atoms with Gasteiger partial charge in [-0.25, -0.2) is 4.79 Å². The highest BCUT2D eigenvalue weighted by molar-refractivity contribution is 6.02. The molecule has 0 fully saturated rings. The summed E-state index contributed by atoms with van der Waals surface area (Å²) in [7, 11) is 3.17. The van der Waals surface area contributed by atoms with Gasteiger partial charge in [-0.1, -0.05) is 39.0 Å². The number of methoxy groups -OCH3 is 2. The van der Waals surface area contributed by atoms with Gasteiger partial charge in [0.15, 0.2) is 11.5 Å². The molecule has 5 heteroatoms. The third-order valence-electron chi connectivity index (χ3n) is 3.58. The van der Waals surface area contributed by atoms with Crippen molar-refractivity contribution in [1.29, 1.82) is 0 Å². The lowest BCUT2D eigenvalue weighted by Gasteiger charge is -2.30. The van der Waals surface area contributed by atoms with Gasteiger partial charge < -0.3 is 14.8 Å². The molecule has 0 aliphatic carbocycles. The fourth-order valence-corrected chi connectivity index (χ4v) is 2.46. The maximum atomic E-state index is 12.9. The molecule has 0 aliphatic rings. The van der Waals surface area contributed by atoms with E-state index in [4.69, 9.17) is 9.47 Å². The number of hydrogen-bond acceptors (Lipinski definition) is 3. The molecule has 2 aromatic carbocycles. The molecular formula is C20H26N2O3. The summed E-state index contributed by atoms with van der Waals surface area (Å²) in [6.07, 6.45) is 0. The van der Waals surface area contributed by atoms with Crippen LogP contribution in [-0.4, -0.2) is 26.8 Å². The Morgan fingerprint density at radius 1 is 1.00 bits per heavy atom. The number of benzene rings is 2. The summed E-state index contributed by atoms with van der Waals surface area (Å²) in [4.78, 5) is 14.6. The number of carbonyl (C=O) groups excluding carboxylic acids is 1. The average molecular weight is 342 g/mol.